The van der Waals surface area contributed by atoms with Crippen molar-refractivity contribution in [2.24, 2.45) is 4.40 Å². The van der Waals surface area contributed by atoms with Gasteiger partial charge < -0.3 is 9.64 Å². The van der Waals surface area contributed by atoms with Crippen LogP contribution in [0, 0.1) is 0 Å². The fourth-order valence-electron chi connectivity index (χ4n) is 2.89. The molecule has 2 aliphatic heterocycles. The average Bonchev–Trinajstić information content (AvgIpc) is 2.80. The highest BCUT2D eigenvalue weighted by Gasteiger charge is 2.27. The Morgan fingerprint density at radius 3 is 2.67 bits per heavy atom. The Labute approximate surface area is 162 Å². The van der Waals surface area contributed by atoms with Gasteiger partial charge in [0.25, 0.3) is 10.0 Å². The molecule has 1 aromatic carbocycles. The van der Waals surface area contributed by atoms with E-state index in [0.717, 1.165) is 0 Å². The number of para-hydroxylation sites is 1. The molecular formula is C19H16ClN3O3S. The normalized spacial score (nSPS) is 18.6. The number of aromatic nitrogens is 1. The summed E-state index contributed by atoms with van der Waals surface area (Å²) in [6.45, 7) is 0.536. The highest BCUT2D eigenvalue weighted by Crippen LogP contribution is 2.30. The van der Waals surface area contributed by atoms with Crippen molar-refractivity contribution >= 4 is 33.0 Å². The number of nitrogens with zero attached hydrogens (tertiary/aromatic N) is 3. The van der Waals surface area contributed by atoms with Crippen molar-refractivity contribution < 1.29 is 13.2 Å². The van der Waals surface area contributed by atoms with Gasteiger partial charge in [0.15, 0.2) is 5.84 Å². The van der Waals surface area contributed by atoms with Gasteiger partial charge in [-0.3, -0.25) is 0 Å². The number of sulfonamides is 1. The lowest BCUT2D eigenvalue weighted by atomic mass is 10.0. The molecule has 1 aromatic heterocycles. The van der Waals surface area contributed by atoms with Gasteiger partial charge in [-0.25, -0.2) is 13.4 Å². The molecule has 0 saturated heterocycles. The molecular weight excluding hydrogens is 386 g/mol. The van der Waals surface area contributed by atoms with Crippen molar-refractivity contribution in [2.45, 2.75) is 6.42 Å². The largest absolute Gasteiger partial charge is 0.439 e. The standard InChI is InChI=1S/C19H16ClN3O3S/c20-15-11-17(19-22-27(24,25)10-4-9-23(19)13-15)14-7-8-18(21-12-14)26-16-5-2-1-3-6-16/h1-3,5-8,11-13H,4,9-10H2. The summed E-state index contributed by atoms with van der Waals surface area (Å²) < 4.78 is 33.9. The van der Waals surface area contributed by atoms with Crippen LogP contribution in [-0.2, 0) is 10.0 Å². The van der Waals surface area contributed by atoms with Gasteiger partial charge in [0.1, 0.15) is 5.75 Å². The maximum atomic E-state index is 12.1. The van der Waals surface area contributed by atoms with Gasteiger partial charge in [0.2, 0.25) is 5.88 Å². The molecule has 4 rings (SSSR count). The number of hydrogen-bond acceptors (Lipinski definition) is 5. The molecule has 6 nitrogen and oxygen atoms in total. The Morgan fingerprint density at radius 2 is 1.93 bits per heavy atom. The molecule has 0 atom stereocenters. The third-order valence-electron chi connectivity index (χ3n) is 4.11. The highest BCUT2D eigenvalue weighted by atomic mass is 35.5. The Morgan fingerprint density at radius 1 is 1.11 bits per heavy atom. The Balaban J connectivity index is 1.67. The molecule has 27 heavy (non-hydrogen) atoms. The molecule has 0 amide bonds. The summed E-state index contributed by atoms with van der Waals surface area (Å²) in [5, 5.41) is 0.507. The maximum absolute atomic E-state index is 12.1. The topological polar surface area (TPSA) is 71.9 Å². The van der Waals surface area contributed by atoms with Gasteiger partial charge >= 0.3 is 0 Å². The third-order valence-corrected chi connectivity index (χ3v) is 5.58. The molecule has 0 N–H and O–H groups in total. The minimum atomic E-state index is -3.51. The first-order valence-corrected chi connectivity index (χ1v) is 10.4. The summed E-state index contributed by atoms with van der Waals surface area (Å²) in [6.07, 6.45) is 5.51. The highest BCUT2D eigenvalue weighted by molar-refractivity contribution is 7.90. The number of amidine groups is 1. The maximum Gasteiger partial charge on any atom is 0.255 e. The summed E-state index contributed by atoms with van der Waals surface area (Å²) >= 11 is 6.24. The van der Waals surface area contributed by atoms with E-state index in [9.17, 15) is 8.42 Å². The van der Waals surface area contributed by atoms with Crippen molar-refractivity contribution in [1.82, 2.24) is 9.88 Å². The van der Waals surface area contributed by atoms with Crippen LogP contribution in [0.5, 0.6) is 11.6 Å². The van der Waals surface area contributed by atoms with Gasteiger partial charge in [0, 0.05) is 36.1 Å². The average molecular weight is 402 g/mol. The minimum absolute atomic E-state index is 0.0217. The lowest BCUT2D eigenvalue weighted by Gasteiger charge is -2.25. The van der Waals surface area contributed by atoms with Gasteiger partial charge in [0.05, 0.1) is 10.8 Å². The second-order valence-corrected chi connectivity index (χ2v) is 8.31. The van der Waals surface area contributed by atoms with Crippen LogP contribution >= 0.6 is 11.6 Å². The number of rotatable bonds is 3. The zero-order valence-electron chi connectivity index (χ0n) is 14.2. The molecule has 0 bridgehead atoms. The van der Waals surface area contributed by atoms with E-state index in [1.54, 1.807) is 29.4 Å². The van der Waals surface area contributed by atoms with E-state index in [-0.39, 0.29) is 5.75 Å². The fraction of sp³-hybridized carbons (Fsp3) is 0.158. The van der Waals surface area contributed by atoms with E-state index in [1.807, 2.05) is 36.4 Å². The van der Waals surface area contributed by atoms with Gasteiger partial charge in [-0.2, -0.15) is 0 Å². The summed E-state index contributed by atoms with van der Waals surface area (Å²) in [6, 6.07) is 12.9. The minimum Gasteiger partial charge on any atom is -0.439 e. The Hall–Kier alpha value is -2.64. The molecule has 2 aliphatic rings. The van der Waals surface area contributed by atoms with Gasteiger partial charge in [-0.15, -0.1) is 4.40 Å². The summed E-state index contributed by atoms with van der Waals surface area (Å²) in [7, 11) is -3.51. The Kier molecular flexibility index (Phi) is 4.72. The quantitative estimate of drug-likeness (QED) is 0.782. The van der Waals surface area contributed by atoms with E-state index >= 15 is 0 Å². The number of hydrogen-bond donors (Lipinski definition) is 0. The molecule has 0 unspecified atom stereocenters. The molecule has 0 fully saturated rings. The molecule has 2 aromatic rings. The Bertz CT molecular complexity index is 1050. The van der Waals surface area contributed by atoms with Crippen molar-refractivity contribution in [2.75, 3.05) is 12.3 Å². The number of fused-ring (bicyclic) bond motifs is 1. The fourth-order valence-corrected chi connectivity index (χ4v) is 4.17. The number of ether oxygens (including phenoxy) is 1. The molecule has 0 aliphatic carbocycles. The van der Waals surface area contributed by atoms with E-state index in [0.29, 0.717) is 46.6 Å². The number of halogens is 1. The third kappa shape index (κ3) is 4.04. The van der Waals surface area contributed by atoms with Crippen LogP contribution in [0.25, 0.3) is 5.57 Å². The molecule has 0 spiro atoms. The van der Waals surface area contributed by atoms with E-state index in [4.69, 9.17) is 16.3 Å². The van der Waals surface area contributed by atoms with Crippen molar-refractivity contribution in [1.29, 1.82) is 0 Å². The number of pyridine rings is 1. The van der Waals surface area contributed by atoms with Crippen LogP contribution in [0.4, 0.5) is 0 Å². The zero-order chi connectivity index (χ0) is 18.9. The first-order valence-electron chi connectivity index (χ1n) is 8.38. The molecule has 0 saturated carbocycles. The number of benzene rings is 1. The summed E-state index contributed by atoms with van der Waals surface area (Å²) in [5.41, 5.74) is 1.33. The van der Waals surface area contributed by atoms with E-state index in [1.165, 1.54) is 0 Å². The van der Waals surface area contributed by atoms with E-state index < -0.39 is 10.0 Å². The zero-order valence-corrected chi connectivity index (χ0v) is 15.8. The lowest BCUT2D eigenvalue weighted by Crippen LogP contribution is -2.29. The monoisotopic (exact) mass is 401 g/mol. The van der Waals surface area contributed by atoms with Crippen LogP contribution in [0.3, 0.4) is 0 Å². The van der Waals surface area contributed by atoms with Crippen LogP contribution in [0.1, 0.15) is 12.0 Å². The van der Waals surface area contributed by atoms with Crippen molar-refractivity contribution in [3.8, 4) is 11.6 Å². The molecule has 3 heterocycles. The van der Waals surface area contributed by atoms with Crippen molar-refractivity contribution in [3.63, 3.8) is 0 Å². The predicted octanol–water partition coefficient (Wildman–Crippen LogP) is 3.79. The number of allylic oxidation sites excluding steroid dienone is 2. The van der Waals surface area contributed by atoms with Crippen LogP contribution in [0.2, 0.25) is 0 Å². The second-order valence-electron chi connectivity index (χ2n) is 6.12. The van der Waals surface area contributed by atoms with Crippen LogP contribution < -0.4 is 4.74 Å². The van der Waals surface area contributed by atoms with Gasteiger partial charge in [-0.05, 0) is 30.7 Å². The van der Waals surface area contributed by atoms with Crippen LogP contribution in [-0.4, -0.2) is 36.4 Å². The van der Waals surface area contributed by atoms with Crippen molar-refractivity contribution in [3.05, 3.63) is 71.5 Å². The van der Waals surface area contributed by atoms with E-state index in [2.05, 4.69) is 9.38 Å². The SMILES string of the molecule is O=S1(=O)CCCN2C=C(Cl)C=C(c3ccc(Oc4ccccc4)nc3)C2=N1. The molecule has 8 heteroatoms. The first-order chi connectivity index (χ1) is 13.0. The lowest BCUT2D eigenvalue weighted by molar-refractivity contribution is 0.463. The second kappa shape index (κ2) is 7.17. The summed E-state index contributed by atoms with van der Waals surface area (Å²) in [5.74, 6) is 1.52. The molecule has 138 valence electrons. The molecule has 0 radical (unpaired) electrons. The predicted molar refractivity (Wildman–Crippen MR) is 105 cm³/mol. The van der Waals surface area contributed by atoms with Crippen LogP contribution in [0.15, 0.2) is 70.4 Å². The first kappa shape index (κ1) is 17.8. The summed E-state index contributed by atoms with van der Waals surface area (Å²) in [4.78, 5) is 6.10. The van der Waals surface area contributed by atoms with Gasteiger partial charge in [-0.1, -0.05) is 29.8 Å². The smallest absolute Gasteiger partial charge is 0.255 e.